The van der Waals surface area contributed by atoms with Gasteiger partial charge in [0.15, 0.2) is 16.3 Å². The van der Waals surface area contributed by atoms with E-state index in [1.54, 1.807) is 7.11 Å². The van der Waals surface area contributed by atoms with E-state index in [0.717, 1.165) is 21.5 Å². The molecule has 8 heteroatoms. The molecule has 1 aliphatic rings. The molecular weight excluding hydrogens is 392 g/mol. The summed E-state index contributed by atoms with van der Waals surface area (Å²) in [5.41, 5.74) is 1.84. The Hall–Kier alpha value is -2.84. The summed E-state index contributed by atoms with van der Waals surface area (Å²) in [4.78, 5) is 17.7. The van der Waals surface area contributed by atoms with Crippen LogP contribution in [-0.2, 0) is 22.5 Å². The van der Waals surface area contributed by atoms with Crippen LogP contribution in [0.4, 0.5) is 0 Å². The molecule has 2 heterocycles. The molecule has 4 rings (SSSR count). The Bertz CT molecular complexity index is 1100. The highest BCUT2D eigenvalue weighted by atomic mass is 32.1. The third-order valence-electron chi connectivity index (χ3n) is 4.50. The van der Waals surface area contributed by atoms with Crippen LogP contribution in [0.5, 0.6) is 17.2 Å². The molecule has 0 saturated heterocycles. The second-order valence-corrected chi connectivity index (χ2v) is 7.47. The number of rotatable bonds is 7. The van der Waals surface area contributed by atoms with E-state index in [2.05, 4.69) is 4.99 Å². The highest BCUT2D eigenvalue weighted by molar-refractivity contribution is 7.16. The Morgan fingerprint density at radius 1 is 1.21 bits per heavy atom. The van der Waals surface area contributed by atoms with Gasteiger partial charge in [-0.25, -0.2) is 0 Å². The Balaban J connectivity index is 1.65. The minimum Gasteiger partial charge on any atom is -0.494 e. The summed E-state index contributed by atoms with van der Waals surface area (Å²) in [6.45, 7) is 3.91. The van der Waals surface area contributed by atoms with E-state index in [1.807, 2.05) is 47.9 Å². The lowest BCUT2D eigenvalue weighted by atomic mass is 10.1. The van der Waals surface area contributed by atoms with Crippen LogP contribution >= 0.6 is 11.3 Å². The van der Waals surface area contributed by atoms with Gasteiger partial charge in [0.25, 0.3) is 5.91 Å². The van der Waals surface area contributed by atoms with E-state index in [-0.39, 0.29) is 19.1 Å². The molecule has 7 nitrogen and oxygen atoms in total. The number of nitrogens with zero attached hydrogens (tertiary/aromatic N) is 2. The maximum atomic E-state index is 12.7. The van der Waals surface area contributed by atoms with Crippen LogP contribution < -0.4 is 19.0 Å². The average molecular weight is 414 g/mol. The Morgan fingerprint density at radius 2 is 2.07 bits per heavy atom. The third-order valence-corrected chi connectivity index (χ3v) is 5.54. The maximum absolute atomic E-state index is 12.7. The number of amides is 1. The van der Waals surface area contributed by atoms with Gasteiger partial charge in [-0.05, 0) is 42.8 Å². The second-order valence-electron chi connectivity index (χ2n) is 6.46. The highest BCUT2D eigenvalue weighted by Gasteiger charge is 2.15. The van der Waals surface area contributed by atoms with Crippen LogP contribution in [0.15, 0.2) is 41.4 Å². The summed E-state index contributed by atoms with van der Waals surface area (Å²) >= 11 is 1.47. The molecule has 152 valence electrons. The molecule has 0 N–H and O–H groups in total. The topological polar surface area (TPSA) is 71.3 Å². The van der Waals surface area contributed by atoms with Crippen LogP contribution in [0.1, 0.15) is 12.5 Å². The Morgan fingerprint density at radius 3 is 2.90 bits per heavy atom. The number of methoxy groups -OCH3 is 1. The van der Waals surface area contributed by atoms with Crippen molar-refractivity contribution < 1.29 is 23.7 Å². The lowest BCUT2D eigenvalue weighted by Gasteiger charge is -2.06. The van der Waals surface area contributed by atoms with E-state index in [4.69, 9.17) is 18.9 Å². The van der Waals surface area contributed by atoms with Gasteiger partial charge in [-0.15, -0.1) is 0 Å². The SMILES string of the molecule is CCOc1ccc2c(c1)sc(=NC(=O)Cc1ccc3c(c1)OCO3)n2CCOC. The number of ether oxygens (including phenoxy) is 4. The van der Waals surface area contributed by atoms with Crippen molar-refractivity contribution in [1.29, 1.82) is 0 Å². The third kappa shape index (κ3) is 4.28. The average Bonchev–Trinajstić information content (AvgIpc) is 3.30. The summed E-state index contributed by atoms with van der Waals surface area (Å²) in [6, 6.07) is 11.4. The van der Waals surface area contributed by atoms with Crippen molar-refractivity contribution in [2.24, 2.45) is 4.99 Å². The van der Waals surface area contributed by atoms with Gasteiger partial charge >= 0.3 is 0 Å². The number of benzene rings is 2. The summed E-state index contributed by atoms with van der Waals surface area (Å²) in [5.74, 6) is 1.95. The van der Waals surface area contributed by atoms with E-state index in [1.165, 1.54) is 11.3 Å². The summed E-state index contributed by atoms with van der Waals surface area (Å²) < 4.78 is 24.5. The number of thiazole rings is 1. The lowest BCUT2D eigenvalue weighted by molar-refractivity contribution is -0.117. The minimum atomic E-state index is -0.216. The molecule has 29 heavy (non-hydrogen) atoms. The number of hydrogen-bond acceptors (Lipinski definition) is 6. The fourth-order valence-electron chi connectivity index (χ4n) is 3.17. The molecule has 3 aromatic rings. The summed E-state index contributed by atoms with van der Waals surface area (Å²) in [7, 11) is 1.66. The predicted molar refractivity (Wildman–Crippen MR) is 110 cm³/mol. The zero-order valence-electron chi connectivity index (χ0n) is 16.3. The molecule has 1 aromatic heterocycles. The number of hydrogen-bond donors (Lipinski definition) is 0. The Kier molecular flexibility index (Phi) is 5.82. The van der Waals surface area contributed by atoms with Gasteiger partial charge in [-0.2, -0.15) is 4.99 Å². The zero-order valence-corrected chi connectivity index (χ0v) is 17.2. The first-order valence-electron chi connectivity index (χ1n) is 9.39. The first kappa shape index (κ1) is 19.5. The van der Waals surface area contributed by atoms with Crippen molar-refractivity contribution >= 4 is 27.5 Å². The van der Waals surface area contributed by atoms with Crippen molar-refractivity contribution in [3.63, 3.8) is 0 Å². The van der Waals surface area contributed by atoms with Crippen LogP contribution in [0, 0.1) is 0 Å². The first-order valence-corrected chi connectivity index (χ1v) is 10.2. The van der Waals surface area contributed by atoms with E-state index >= 15 is 0 Å². The van der Waals surface area contributed by atoms with Crippen molar-refractivity contribution in [2.75, 3.05) is 27.1 Å². The quantitative estimate of drug-likeness (QED) is 0.594. The molecule has 0 saturated carbocycles. The summed E-state index contributed by atoms with van der Waals surface area (Å²) in [6.07, 6.45) is 0.194. The fourth-order valence-corrected chi connectivity index (χ4v) is 4.27. The second kappa shape index (κ2) is 8.67. The normalized spacial score (nSPS) is 13.2. The van der Waals surface area contributed by atoms with Gasteiger partial charge in [0.05, 0.1) is 29.9 Å². The number of aromatic nitrogens is 1. The molecular formula is C21H22N2O5S. The van der Waals surface area contributed by atoms with Crippen molar-refractivity contribution in [2.45, 2.75) is 19.9 Å². The van der Waals surface area contributed by atoms with E-state index < -0.39 is 0 Å². The molecule has 2 aromatic carbocycles. The zero-order chi connectivity index (χ0) is 20.2. The van der Waals surface area contributed by atoms with Crippen LogP contribution in [0.3, 0.4) is 0 Å². The molecule has 0 fully saturated rings. The molecule has 0 atom stereocenters. The minimum absolute atomic E-state index is 0.194. The van der Waals surface area contributed by atoms with Gasteiger partial charge in [0.1, 0.15) is 5.75 Å². The fraction of sp³-hybridized carbons (Fsp3) is 0.333. The van der Waals surface area contributed by atoms with Crippen molar-refractivity contribution in [1.82, 2.24) is 4.57 Å². The van der Waals surface area contributed by atoms with E-state index in [9.17, 15) is 4.79 Å². The van der Waals surface area contributed by atoms with Crippen molar-refractivity contribution in [3.8, 4) is 17.2 Å². The highest BCUT2D eigenvalue weighted by Crippen LogP contribution is 2.32. The van der Waals surface area contributed by atoms with Gasteiger partial charge in [-0.1, -0.05) is 17.4 Å². The van der Waals surface area contributed by atoms with Crippen LogP contribution in [-0.4, -0.2) is 37.6 Å². The van der Waals surface area contributed by atoms with Crippen LogP contribution in [0.2, 0.25) is 0 Å². The standard InChI is InChI=1S/C21H22N2O5S/c1-3-26-15-5-6-16-19(12-15)29-21(23(16)8-9-25-2)22-20(24)11-14-4-7-17-18(10-14)28-13-27-17/h4-7,10,12H,3,8-9,11,13H2,1-2H3. The monoisotopic (exact) mass is 414 g/mol. The predicted octanol–water partition coefficient (Wildman–Crippen LogP) is 3.15. The smallest absolute Gasteiger partial charge is 0.252 e. The van der Waals surface area contributed by atoms with E-state index in [0.29, 0.717) is 36.1 Å². The van der Waals surface area contributed by atoms with Crippen molar-refractivity contribution in [3.05, 3.63) is 46.8 Å². The molecule has 0 bridgehead atoms. The first-order chi connectivity index (χ1) is 14.2. The number of carbonyl (C=O) groups excluding carboxylic acids is 1. The van der Waals surface area contributed by atoms with Gasteiger partial charge in [-0.3, -0.25) is 4.79 Å². The van der Waals surface area contributed by atoms with Gasteiger partial charge in [0, 0.05) is 13.7 Å². The molecule has 0 radical (unpaired) electrons. The molecule has 1 aliphatic heterocycles. The largest absolute Gasteiger partial charge is 0.494 e. The molecule has 0 spiro atoms. The maximum Gasteiger partial charge on any atom is 0.252 e. The molecule has 0 aliphatic carbocycles. The van der Waals surface area contributed by atoms with Gasteiger partial charge in [0.2, 0.25) is 6.79 Å². The number of carbonyl (C=O) groups is 1. The lowest BCUT2D eigenvalue weighted by Crippen LogP contribution is -2.19. The van der Waals surface area contributed by atoms with Gasteiger partial charge < -0.3 is 23.5 Å². The summed E-state index contributed by atoms with van der Waals surface area (Å²) in [5, 5.41) is 0. The molecule has 0 unspecified atom stereocenters. The Labute approximate surface area is 172 Å². The van der Waals surface area contributed by atoms with Crippen LogP contribution in [0.25, 0.3) is 10.2 Å². The molecule has 1 amide bonds. The number of fused-ring (bicyclic) bond motifs is 2.